The lowest BCUT2D eigenvalue weighted by molar-refractivity contribution is 0.415. The molecular weight excluding hydrogens is 226 g/mol. The van der Waals surface area contributed by atoms with Crippen molar-refractivity contribution in [1.82, 2.24) is 9.97 Å². The van der Waals surface area contributed by atoms with Crippen LogP contribution >= 0.6 is 0 Å². The van der Waals surface area contributed by atoms with E-state index in [-0.39, 0.29) is 0 Å². The fourth-order valence-corrected chi connectivity index (χ4v) is 1.63. The maximum Gasteiger partial charge on any atom is 0.145 e. The van der Waals surface area contributed by atoms with E-state index in [4.69, 9.17) is 4.74 Å². The molecule has 2 rings (SSSR count). The van der Waals surface area contributed by atoms with E-state index in [9.17, 15) is 0 Å². The molecule has 0 saturated carbocycles. The number of aromatic nitrogens is 2. The predicted molar refractivity (Wildman–Crippen MR) is 72.8 cm³/mol. The Morgan fingerprint density at radius 3 is 2.94 bits per heavy atom. The number of methoxy groups -OCH3 is 1. The summed E-state index contributed by atoms with van der Waals surface area (Å²) in [6.45, 7) is 3.02. The summed E-state index contributed by atoms with van der Waals surface area (Å²) in [7, 11) is 1.66. The minimum absolute atomic E-state index is 0.803. The Morgan fingerprint density at radius 2 is 2.17 bits per heavy atom. The minimum atomic E-state index is 0.803. The Kier molecular flexibility index (Phi) is 4.12. The number of hydrogen-bond donors (Lipinski definition) is 1. The van der Waals surface area contributed by atoms with E-state index in [0.29, 0.717) is 0 Å². The third kappa shape index (κ3) is 2.97. The van der Waals surface area contributed by atoms with Crippen molar-refractivity contribution in [3.8, 4) is 17.0 Å². The molecule has 1 heterocycles. The summed E-state index contributed by atoms with van der Waals surface area (Å²) >= 11 is 0. The van der Waals surface area contributed by atoms with Crippen LogP contribution in [0.5, 0.6) is 5.75 Å². The molecule has 4 heteroatoms. The summed E-state index contributed by atoms with van der Waals surface area (Å²) in [6.07, 6.45) is 4.55. The van der Waals surface area contributed by atoms with Gasteiger partial charge in [0.15, 0.2) is 0 Å². The van der Waals surface area contributed by atoms with Crippen LogP contribution in [-0.4, -0.2) is 23.6 Å². The maximum atomic E-state index is 5.21. The van der Waals surface area contributed by atoms with Gasteiger partial charge in [-0.3, -0.25) is 4.98 Å². The Balaban J connectivity index is 2.26. The first kappa shape index (κ1) is 12.4. The van der Waals surface area contributed by atoms with Crippen LogP contribution in [0.2, 0.25) is 0 Å². The molecule has 0 bridgehead atoms. The SMILES string of the molecule is CCCNc1cncc(-c2cccc(OC)c2)n1. The summed E-state index contributed by atoms with van der Waals surface area (Å²) in [4.78, 5) is 8.73. The van der Waals surface area contributed by atoms with E-state index >= 15 is 0 Å². The Morgan fingerprint density at radius 1 is 1.28 bits per heavy atom. The molecule has 0 atom stereocenters. The zero-order valence-electron chi connectivity index (χ0n) is 10.7. The second-order valence-corrected chi connectivity index (χ2v) is 3.95. The molecule has 2 aromatic rings. The van der Waals surface area contributed by atoms with E-state index in [1.54, 1.807) is 19.5 Å². The van der Waals surface area contributed by atoms with E-state index in [0.717, 1.165) is 35.8 Å². The topological polar surface area (TPSA) is 47.0 Å². The van der Waals surface area contributed by atoms with Crippen LogP contribution in [0, 0.1) is 0 Å². The molecule has 0 amide bonds. The Labute approximate surface area is 107 Å². The normalized spacial score (nSPS) is 10.1. The van der Waals surface area contributed by atoms with Crippen molar-refractivity contribution < 1.29 is 4.74 Å². The lowest BCUT2D eigenvalue weighted by Gasteiger charge is -2.07. The molecule has 0 radical (unpaired) electrons. The van der Waals surface area contributed by atoms with Gasteiger partial charge in [-0.25, -0.2) is 4.98 Å². The number of hydrogen-bond acceptors (Lipinski definition) is 4. The number of nitrogens with one attached hydrogen (secondary N) is 1. The lowest BCUT2D eigenvalue weighted by atomic mass is 10.1. The van der Waals surface area contributed by atoms with Crippen LogP contribution in [-0.2, 0) is 0 Å². The standard InChI is InChI=1S/C14H17N3O/c1-3-7-16-14-10-15-9-13(17-14)11-5-4-6-12(8-11)18-2/h4-6,8-10H,3,7H2,1-2H3,(H,16,17). The number of ether oxygens (including phenoxy) is 1. The minimum Gasteiger partial charge on any atom is -0.497 e. The van der Waals surface area contributed by atoms with Crippen LogP contribution < -0.4 is 10.1 Å². The lowest BCUT2D eigenvalue weighted by Crippen LogP contribution is -2.02. The van der Waals surface area contributed by atoms with Crippen molar-refractivity contribution >= 4 is 5.82 Å². The Bertz CT molecular complexity index is 514. The summed E-state index contributed by atoms with van der Waals surface area (Å²) in [5, 5.41) is 3.23. The molecule has 1 aromatic heterocycles. The molecular formula is C14H17N3O. The van der Waals surface area contributed by atoms with Gasteiger partial charge in [-0.1, -0.05) is 19.1 Å². The summed E-state index contributed by atoms with van der Waals surface area (Å²) < 4.78 is 5.21. The third-order valence-electron chi connectivity index (χ3n) is 2.56. The molecule has 94 valence electrons. The van der Waals surface area contributed by atoms with Crippen molar-refractivity contribution in [2.45, 2.75) is 13.3 Å². The summed E-state index contributed by atoms with van der Waals surface area (Å²) in [6, 6.07) is 7.81. The van der Waals surface area contributed by atoms with Gasteiger partial charge in [0.2, 0.25) is 0 Å². The molecule has 0 saturated heterocycles. The second-order valence-electron chi connectivity index (χ2n) is 3.95. The zero-order chi connectivity index (χ0) is 12.8. The molecule has 0 unspecified atom stereocenters. The quantitative estimate of drug-likeness (QED) is 0.877. The van der Waals surface area contributed by atoms with E-state index in [2.05, 4.69) is 22.2 Å². The molecule has 0 spiro atoms. The first-order valence-electron chi connectivity index (χ1n) is 6.04. The van der Waals surface area contributed by atoms with Crippen molar-refractivity contribution in [2.75, 3.05) is 19.0 Å². The van der Waals surface area contributed by atoms with Crippen molar-refractivity contribution in [1.29, 1.82) is 0 Å². The third-order valence-corrected chi connectivity index (χ3v) is 2.56. The van der Waals surface area contributed by atoms with E-state index in [1.165, 1.54) is 0 Å². The number of benzene rings is 1. The van der Waals surface area contributed by atoms with Gasteiger partial charge in [0.05, 0.1) is 25.2 Å². The molecule has 1 N–H and O–H groups in total. The second kappa shape index (κ2) is 6.00. The fraction of sp³-hybridized carbons (Fsp3) is 0.286. The molecule has 4 nitrogen and oxygen atoms in total. The van der Waals surface area contributed by atoms with Gasteiger partial charge in [-0.2, -0.15) is 0 Å². The maximum absolute atomic E-state index is 5.21. The predicted octanol–water partition coefficient (Wildman–Crippen LogP) is 2.97. The van der Waals surface area contributed by atoms with Crippen LogP contribution in [0.1, 0.15) is 13.3 Å². The summed E-state index contributed by atoms with van der Waals surface area (Å²) in [5.41, 5.74) is 1.84. The molecule has 0 fully saturated rings. The highest BCUT2D eigenvalue weighted by Gasteiger charge is 2.03. The highest BCUT2D eigenvalue weighted by atomic mass is 16.5. The van der Waals surface area contributed by atoms with Crippen molar-refractivity contribution in [3.05, 3.63) is 36.7 Å². The number of nitrogens with zero attached hydrogens (tertiary/aromatic N) is 2. The molecule has 18 heavy (non-hydrogen) atoms. The van der Waals surface area contributed by atoms with E-state index in [1.807, 2.05) is 24.3 Å². The fourth-order valence-electron chi connectivity index (χ4n) is 1.63. The van der Waals surface area contributed by atoms with Crippen LogP contribution in [0.25, 0.3) is 11.3 Å². The van der Waals surface area contributed by atoms with E-state index < -0.39 is 0 Å². The van der Waals surface area contributed by atoms with Crippen molar-refractivity contribution in [3.63, 3.8) is 0 Å². The van der Waals surface area contributed by atoms with Gasteiger partial charge in [0, 0.05) is 12.1 Å². The van der Waals surface area contributed by atoms with Gasteiger partial charge in [0.1, 0.15) is 11.6 Å². The van der Waals surface area contributed by atoms with Crippen molar-refractivity contribution in [2.24, 2.45) is 0 Å². The van der Waals surface area contributed by atoms with Gasteiger partial charge in [-0.05, 0) is 18.6 Å². The monoisotopic (exact) mass is 243 g/mol. The smallest absolute Gasteiger partial charge is 0.145 e. The van der Waals surface area contributed by atoms with Crippen LogP contribution in [0.4, 0.5) is 5.82 Å². The number of rotatable bonds is 5. The van der Waals surface area contributed by atoms with Gasteiger partial charge < -0.3 is 10.1 Å². The molecule has 0 aliphatic carbocycles. The van der Waals surface area contributed by atoms with Crippen LogP contribution in [0.3, 0.4) is 0 Å². The molecule has 0 aliphatic rings. The number of anilines is 1. The highest BCUT2D eigenvalue weighted by molar-refractivity contribution is 5.61. The first-order valence-corrected chi connectivity index (χ1v) is 6.04. The average Bonchev–Trinajstić information content (AvgIpc) is 2.45. The largest absolute Gasteiger partial charge is 0.497 e. The zero-order valence-corrected chi connectivity index (χ0v) is 10.7. The first-order chi connectivity index (χ1) is 8.83. The highest BCUT2D eigenvalue weighted by Crippen LogP contribution is 2.22. The van der Waals surface area contributed by atoms with Crippen LogP contribution in [0.15, 0.2) is 36.7 Å². The average molecular weight is 243 g/mol. The Hall–Kier alpha value is -2.10. The van der Waals surface area contributed by atoms with Gasteiger partial charge >= 0.3 is 0 Å². The van der Waals surface area contributed by atoms with Gasteiger partial charge in [0.25, 0.3) is 0 Å². The van der Waals surface area contributed by atoms with Gasteiger partial charge in [-0.15, -0.1) is 0 Å². The molecule has 1 aromatic carbocycles. The molecule has 0 aliphatic heterocycles. The summed E-state index contributed by atoms with van der Waals surface area (Å²) in [5.74, 6) is 1.62.